The number of hydrogen-bond acceptors (Lipinski definition) is 5. The molecule has 2 aromatic carbocycles. The fourth-order valence-corrected chi connectivity index (χ4v) is 5.52. The number of carbonyl (C=O) groups is 1. The first-order valence-electron chi connectivity index (χ1n) is 11.6. The number of fused-ring (bicyclic) bond motifs is 2. The van der Waals surface area contributed by atoms with Gasteiger partial charge in [-0.15, -0.1) is 0 Å². The standard InChI is InChI=1S/C28H34O5/c1-27(2)21-13-14-28(27,3)24(17-21)33-25(29)12-11-20-15-22(30-4)26(23(16-20)31-5)32-18-19-9-7-6-8-10-19/h6-12,15-16,21,24H,13-14,17-18H2,1-5H3/b12-11+/t21-,24+,28+/m1/s1. The maximum atomic E-state index is 12.6. The molecule has 176 valence electrons. The summed E-state index contributed by atoms with van der Waals surface area (Å²) in [5.41, 5.74) is 2.07. The molecule has 5 heteroatoms. The van der Waals surface area contributed by atoms with Crippen LogP contribution in [0.5, 0.6) is 17.2 Å². The summed E-state index contributed by atoms with van der Waals surface area (Å²) >= 11 is 0. The Morgan fingerprint density at radius 3 is 2.27 bits per heavy atom. The van der Waals surface area contributed by atoms with Gasteiger partial charge in [0.2, 0.25) is 5.75 Å². The van der Waals surface area contributed by atoms with Crippen LogP contribution in [0.2, 0.25) is 0 Å². The van der Waals surface area contributed by atoms with Crippen molar-refractivity contribution in [2.45, 2.75) is 52.7 Å². The maximum Gasteiger partial charge on any atom is 0.331 e. The fraction of sp³-hybridized carbons (Fsp3) is 0.464. The molecular weight excluding hydrogens is 416 g/mol. The molecule has 4 rings (SSSR count). The molecule has 0 radical (unpaired) electrons. The minimum Gasteiger partial charge on any atom is -0.493 e. The summed E-state index contributed by atoms with van der Waals surface area (Å²) in [6, 6.07) is 13.6. The summed E-state index contributed by atoms with van der Waals surface area (Å²) in [6.45, 7) is 7.29. The second-order valence-electron chi connectivity index (χ2n) is 9.90. The van der Waals surface area contributed by atoms with E-state index in [2.05, 4.69) is 20.8 Å². The third-order valence-electron chi connectivity index (χ3n) is 8.09. The fourth-order valence-electron chi connectivity index (χ4n) is 5.52. The van der Waals surface area contributed by atoms with E-state index in [0.29, 0.717) is 29.8 Å². The van der Waals surface area contributed by atoms with Gasteiger partial charge in [-0.05, 0) is 59.9 Å². The van der Waals surface area contributed by atoms with Gasteiger partial charge in [0, 0.05) is 11.5 Å². The van der Waals surface area contributed by atoms with Gasteiger partial charge in [0.1, 0.15) is 12.7 Å². The lowest BCUT2D eigenvalue weighted by Gasteiger charge is -2.38. The van der Waals surface area contributed by atoms with Crippen LogP contribution < -0.4 is 14.2 Å². The summed E-state index contributed by atoms with van der Waals surface area (Å²) in [7, 11) is 3.17. The molecule has 3 atom stereocenters. The third kappa shape index (κ3) is 4.33. The highest BCUT2D eigenvalue weighted by Crippen LogP contribution is 2.66. The largest absolute Gasteiger partial charge is 0.493 e. The Bertz CT molecular complexity index is 1000. The lowest BCUT2D eigenvalue weighted by molar-refractivity contribution is -0.150. The highest BCUT2D eigenvalue weighted by molar-refractivity contribution is 5.87. The minimum atomic E-state index is -0.313. The quantitative estimate of drug-likeness (QED) is 0.362. The van der Waals surface area contributed by atoms with E-state index in [0.717, 1.165) is 24.0 Å². The smallest absolute Gasteiger partial charge is 0.331 e. The van der Waals surface area contributed by atoms with Crippen molar-refractivity contribution in [3.05, 3.63) is 59.7 Å². The van der Waals surface area contributed by atoms with Gasteiger partial charge in [0.15, 0.2) is 11.5 Å². The van der Waals surface area contributed by atoms with E-state index in [9.17, 15) is 4.79 Å². The second-order valence-corrected chi connectivity index (χ2v) is 9.90. The van der Waals surface area contributed by atoms with Gasteiger partial charge in [0.25, 0.3) is 0 Å². The number of benzene rings is 2. The van der Waals surface area contributed by atoms with Crippen molar-refractivity contribution in [3.8, 4) is 17.2 Å². The molecule has 2 bridgehead atoms. The Morgan fingerprint density at radius 2 is 1.73 bits per heavy atom. The number of esters is 1. The molecule has 2 fully saturated rings. The molecule has 2 aliphatic carbocycles. The van der Waals surface area contributed by atoms with Gasteiger partial charge in [0.05, 0.1) is 14.2 Å². The average molecular weight is 451 g/mol. The van der Waals surface area contributed by atoms with E-state index < -0.39 is 0 Å². The Balaban J connectivity index is 1.46. The van der Waals surface area contributed by atoms with E-state index >= 15 is 0 Å². The van der Waals surface area contributed by atoms with Crippen LogP contribution in [0.25, 0.3) is 6.08 Å². The number of ether oxygens (including phenoxy) is 4. The zero-order valence-corrected chi connectivity index (χ0v) is 20.2. The molecule has 0 heterocycles. The first-order chi connectivity index (χ1) is 15.8. The molecule has 0 unspecified atom stereocenters. The van der Waals surface area contributed by atoms with Gasteiger partial charge in [-0.3, -0.25) is 0 Å². The summed E-state index contributed by atoms with van der Waals surface area (Å²) in [5.74, 6) is 1.93. The first kappa shape index (κ1) is 23.2. The first-order valence-corrected chi connectivity index (χ1v) is 11.6. The van der Waals surface area contributed by atoms with Gasteiger partial charge < -0.3 is 18.9 Å². The molecule has 33 heavy (non-hydrogen) atoms. The normalized spacial score (nSPS) is 25.2. The molecule has 0 saturated heterocycles. The van der Waals surface area contributed by atoms with Crippen molar-refractivity contribution in [1.82, 2.24) is 0 Å². The van der Waals surface area contributed by atoms with Gasteiger partial charge >= 0.3 is 5.97 Å². The third-order valence-corrected chi connectivity index (χ3v) is 8.09. The van der Waals surface area contributed by atoms with Crippen molar-refractivity contribution in [3.63, 3.8) is 0 Å². The van der Waals surface area contributed by atoms with Crippen LogP contribution in [0.3, 0.4) is 0 Å². The number of hydrogen-bond donors (Lipinski definition) is 0. The Hall–Kier alpha value is -2.95. The Morgan fingerprint density at radius 1 is 1.06 bits per heavy atom. The topological polar surface area (TPSA) is 54.0 Å². The van der Waals surface area contributed by atoms with E-state index in [1.165, 1.54) is 12.5 Å². The molecule has 0 aliphatic heterocycles. The lowest BCUT2D eigenvalue weighted by Crippen LogP contribution is -2.38. The SMILES string of the molecule is COc1cc(/C=C/C(=O)O[C@H]2C[C@H]3CC[C@]2(C)C3(C)C)cc(OC)c1OCc1ccccc1. The summed E-state index contributed by atoms with van der Waals surface area (Å²) < 4.78 is 23.0. The van der Waals surface area contributed by atoms with E-state index in [1.54, 1.807) is 20.3 Å². The molecular formula is C28H34O5. The average Bonchev–Trinajstić information content (AvgIpc) is 3.15. The molecule has 0 spiro atoms. The van der Waals surface area contributed by atoms with Crippen LogP contribution >= 0.6 is 0 Å². The number of methoxy groups -OCH3 is 2. The van der Waals surface area contributed by atoms with Crippen LogP contribution in [0.1, 0.15) is 51.2 Å². The van der Waals surface area contributed by atoms with Crippen molar-refractivity contribution >= 4 is 12.0 Å². The molecule has 0 aromatic heterocycles. The van der Waals surface area contributed by atoms with Crippen molar-refractivity contribution in [2.24, 2.45) is 16.7 Å². The van der Waals surface area contributed by atoms with Gasteiger partial charge in [-0.25, -0.2) is 4.79 Å². The van der Waals surface area contributed by atoms with Crippen LogP contribution in [0.4, 0.5) is 0 Å². The van der Waals surface area contributed by atoms with Crippen molar-refractivity contribution < 1.29 is 23.7 Å². The predicted molar refractivity (Wildman–Crippen MR) is 128 cm³/mol. The predicted octanol–water partition coefficient (Wildman–Crippen LogP) is 6.05. The monoisotopic (exact) mass is 450 g/mol. The summed E-state index contributed by atoms with van der Waals surface area (Å²) in [6.07, 6.45) is 6.49. The highest BCUT2D eigenvalue weighted by Gasteiger charge is 2.62. The molecule has 2 aromatic rings. The van der Waals surface area contributed by atoms with Crippen molar-refractivity contribution in [1.29, 1.82) is 0 Å². The van der Waals surface area contributed by atoms with Gasteiger partial charge in [-0.2, -0.15) is 0 Å². The van der Waals surface area contributed by atoms with E-state index in [1.807, 2.05) is 42.5 Å². The zero-order chi connectivity index (χ0) is 23.6. The maximum absolute atomic E-state index is 12.6. The van der Waals surface area contributed by atoms with Crippen LogP contribution in [0.15, 0.2) is 48.5 Å². The van der Waals surface area contributed by atoms with E-state index in [-0.39, 0.29) is 22.9 Å². The Labute approximate surface area is 196 Å². The lowest BCUT2D eigenvalue weighted by atomic mass is 9.70. The second kappa shape index (κ2) is 9.12. The molecule has 5 nitrogen and oxygen atoms in total. The molecule has 2 saturated carbocycles. The zero-order valence-electron chi connectivity index (χ0n) is 20.2. The van der Waals surface area contributed by atoms with E-state index in [4.69, 9.17) is 18.9 Å². The molecule has 2 aliphatic rings. The number of rotatable bonds is 8. The molecule has 0 N–H and O–H groups in total. The number of carbonyl (C=O) groups excluding carboxylic acids is 1. The van der Waals surface area contributed by atoms with Crippen LogP contribution in [-0.2, 0) is 16.1 Å². The minimum absolute atomic E-state index is 0.0266. The summed E-state index contributed by atoms with van der Waals surface area (Å²) in [5, 5.41) is 0. The van der Waals surface area contributed by atoms with Crippen LogP contribution in [0, 0.1) is 16.7 Å². The van der Waals surface area contributed by atoms with Gasteiger partial charge in [-0.1, -0.05) is 51.1 Å². The van der Waals surface area contributed by atoms with Crippen LogP contribution in [-0.4, -0.2) is 26.3 Å². The highest BCUT2D eigenvalue weighted by atomic mass is 16.5. The summed E-state index contributed by atoms with van der Waals surface area (Å²) in [4.78, 5) is 12.6. The Kier molecular flexibility index (Phi) is 6.42. The van der Waals surface area contributed by atoms with Crippen molar-refractivity contribution in [2.75, 3.05) is 14.2 Å². The molecule has 0 amide bonds.